The molecular weight excluding hydrogens is 629 g/mol. The lowest BCUT2D eigenvalue weighted by atomic mass is 10.0. The van der Waals surface area contributed by atoms with Crippen molar-refractivity contribution < 1.29 is 18.0 Å². The molecule has 0 aliphatic rings. The third kappa shape index (κ3) is 9.10. The predicted molar refractivity (Wildman–Crippen MR) is 181 cm³/mol. The van der Waals surface area contributed by atoms with E-state index in [-0.39, 0.29) is 29.5 Å². The zero-order valence-corrected chi connectivity index (χ0v) is 27.7. The number of nitrogens with one attached hydrogen (secondary N) is 1. The molecule has 0 aliphatic heterocycles. The molecular formula is C35H37Cl2N3O4S. The number of carbonyl (C=O) groups is 2. The fourth-order valence-electron chi connectivity index (χ4n) is 4.92. The van der Waals surface area contributed by atoms with Gasteiger partial charge in [0, 0.05) is 29.6 Å². The quantitative estimate of drug-likeness (QED) is 0.146. The van der Waals surface area contributed by atoms with Crippen LogP contribution in [0.3, 0.4) is 0 Å². The maximum atomic E-state index is 14.5. The number of unbranched alkanes of at least 4 members (excludes halogenated alkanes) is 1. The van der Waals surface area contributed by atoms with Gasteiger partial charge in [0.05, 0.1) is 10.6 Å². The lowest BCUT2D eigenvalue weighted by molar-refractivity contribution is -0.140. The van der Waals surface area contributed by atoms with Gasteiger partial charge in [-0.1, -0.05) is 97.2 Å². The molecule has 0 spiro atoms. The summed E-state index contributed by atoms with van der Waals surface area (Å²) in [5.74, 6) is -0.841. The average Bonchev–Trinajstić information content (AvgIpc) is 3.03. The van der Waals surface area contributed by atoms with Crippen LogP contribution in [0.2, 0.25) is 10.0 Å². The topological polar surface area (TPSA) is 86.8 Å². The SMILES string of the molecule is CCCCNC(=O)[C@H](Cc1ccccc1)N(Cc1ccccc1C)C(=O)CN(c1cccc(Cl)c1)S(=O)(=O)c1ccc(Cl)cc1. The lowest BCUT2D eigenvalue weighted by Crippen LogP contribution is -2.53. The molecule has 0 saturated heterocycles. The number of carbonyl (C=O) groups excluding carboxylic acids is 2. The normalized spacial score (nSPS) is 11.9. The van der Waals surface area contributed by atoms with E-state index >= 15 is 0 Å². The van der Waals surface area contributed by atoms with Crippen LogP contribution in [0, 0.1) is 6.92 Å². The summed E-state index contributed by atoms with van der Waals surface area (Å²) in [5, 5.41) is 3.69. The first-order chi connectivity index (χ1) is 21.6. The molecule has 4 aromatic carbocycles. The Hall–Kier alpha value is -3.85. The second-order valence-electron chi connectivity index (χ2n) is 10.7. The van der Waals surface area contributed by atoms with Gasteiger partial charge >= 0.3 is 0 Å². The number of rotatable bonds is 14. The van der Waals surface area contributed by atoms with Crippen LogP contribution in [-0.2, 0) is 32.6 Å². The summed E-state index contributed by atoms with van der Waals surface area (Å²) in [7, 11) is -4.25. The van der Waals surface area contributed by atoms with Gasteiger partial charge in [-0.15, -0.1) is 0 Å². The van der Waals surface area contributed by atoms with Crippen LogP contribution in [0.4, 0.5) is 5.69 Å². The van der Waals surface area contributed by atoms with E-state index in [9.17, 15) is 18.0 Å². The average molecular weight is 667 g/mol. The van der Waals surface area contributed by atoms with E-state index in [2.05, 4.69) is 5.32 Å². The third-order valence-electron chi connectivity index (χ3n) is 7.48. The Morgan fingerprint density at radius 2 is 1.53 bits per heavy atom. The van der Waals surface area contributed by atoms with Crippen molar-refractivity contribution in [1.82, 2.24) is 10.2 Å². The maximum Gasteiger partial charge on any atom is 0.264 e. The molecule has 0 aliphatic carbocycles. The summed E-state index contributed by atoms with van der Waals surface area (Å²) < 4.78 is 29.2. The molecule has 0 radical (unpaired) electrons. The molecule has 1 atom stereocenters. The third-order valence-corrected chi connectivity index (χ3v) is 9.75. The van der Waals surface area contributed by atoms with Gasteiger partial charge in [0.25, 0.3) is 10.0 Å². The molecule has 4 aromatic rings. The van der Waals surface area contributed by atoms with Crippen LogP contribution in [-0.4, -0.2) is 44.3 Å². The Morgan fingerprint density at radius 1 is 0.844 bits per heavy atom. The van der Waals surface area contributed by atoms with Gasteiger partial charge in [-0.2, -0.15) is 0 Å². The minimum absolute atomic E-state index is 0.0386. The van der Waals surface area contributed by atoms with E-state index in [1.54, 1.807) is 18.2 Å². The van der Waals surface area contributed by atoms with Crippen molar-refractivity contribution in [2.24, 2.45) is 0 Å². The lowest BCUT2D eigenvalue weighted by Gasteiger charge is -2.34. The first-order valence-corrected chi connectivity index (χ1v) is 17.0. The van der Waals surface area contributed by atoms with Crippen molar-refractivity contribution in [2.45, 2.75) is 50.6 Å². The molecule has 0 aromatic heterocycles. The van der Waals surface area contributed by atoms with Gasteiger partial charge in [0.2, 0.25) is 11.8 Å². The molecule has 1 N–H and O–H groups in total. The Morgan fingerprint density at radius 3 is 2.20 bits per heavy atom. The van der Waals surface area contributed by atoms with Crippen molar-refractivity contribution in [1.29, 1.82) is 0 Å². The fraction of sp³-hybridized carbons (Fsp3) is 0.257. The highest BCUT2D eigenvalue weighted by Gasteiger charge is 2.34. The van der Waals surface area contributed by atoms with Gasteiger partial charge in [-0.25, -0.2) is 8.42 Å². The Kier molecular flexibility index (Phi) is 12.0. The van der Waals surface area contributed by atoms with Crippen molar-refractivity contribution in [3.8, 4) is 0 Å². The van der Waals surface area contributed by atoms with Crippen molar-refractivity contribution in [2.75, 3.05) is 17.4 Å². The van der Waals surface area contributed by atoms with E-state index < -0.39 is 28.5 Å². The van der Waals surface area contributed by atoms with Crippen LogP contribution in [0.5, 0.6) is 0 Å². The summed E-state index contributed by atoms with van der Waals surface area (Å²) >= 11 is 12.3. The van der Waals surface area contributed by atoms with Gasteiger partial charge in [0.1, 0.15) is 12.6 Å². The minimum Gasteiger partial charge on any atom is -0.354 e. The van der Waals surface area contributed by atoms with Gasteiger partial charge in [-0.05, 0) is 72.5 Å². The van der Waals surface area contributed by atoms with Crippen molar-refractivity contribution in [3.63, 3.8) is 0 Å². The molecule has 45 heavy (non-hydrogen) atoms. The van der Waals surface area contributed by atoms with E-state index in [1.807, 2.05) is 68.4 Å². The monoisotopic (exact) mass is 665 g/mol. The summed E-state index contributed by atoms with van der Waals surface area (Å²) in [6.07, 6.45) is 1.93. The first-order valence-electron chi connectivity index (χ1n) is 14.8. The summed E-state index contributed by atoms with van der Waals surface area (Å²) in [6, 6.07) is 28.3. The van der Waals surface area contributed by atoms with Crippen LogP contribution in [0.15, 0.2) is 108 Å². The number of benzene rings is 4. The fourth-order valence-corrected chi connectivity index (χ4v) is 6.64. The number of nitrogens with zero attached hydrogens (tertiary/aromatic N) is 2. The highest BCUT2D eigenvalue weighted by molar-refractivity contribution is 7.92. The summed E-state index contributed by atoms with van der Waals surface area (Å²) in [5.41, 5.74) is 2.88. The van der Waals surface area contributed by atoms with Crippen LogP contribution < -0.4 is 9.62 Å². The molecule has 2 amide bonds. The van der Waals surface area contributed by atoms with E-state index in [4.69, 9.17) is 23.2 Å². The van der Waals surface area contributed by atoms with E-state index in [0.29, 0.717) is 16.6 Å². The number of anilines is 1. The Balaban J connectivity index is 1.80. The molecule has 0 heterocycles. The Labute approximate surface area is 275 Å². The van der Waals surface area contributed by atoms with E-state index in [1.165, 1.54) is 35.2 Å². The number of hydrogen-bond donors (Lipinski definition) is 1. The molecule has 236 valence electrons. The van der Waals surface area contributed by atoms with E-state index in [0.717, 1.165) is 33.8 Å². The second-order valence-corrected chi connectivity index (χ2v) is 13.5. The number of hydrogen-bond acceptors (Lipinski definition) is 4. The molecule has 0 fully saturated rings. The highest BCUT2D eigenvalue weighted by Crippen LogP contribution is 2.28. The van der Waals surface area contributed by atoms with Gasteiger partial charge < -0.3 is 10.2 Å². The second kappa shape index (κ2) is 15.9. The standard InChI is InChI=1S/C35H37Cl2N3O4S/c1-3-4-21-38-35(42)33(22-27-12-6-5-7-13-27)39(24-28-14-9-8-11-26(28)2)34(41)25-40(31-16-10-15-30(37)23-31)45(43,44)32-19-17-29(36)18-20-32/h5-20,23,33H,3-4,21-22,24-25H2,1-2H3,(H,38,42)/t33-/m0/s1. The summed E-state index contributed by atoms with van der Waals surface area (Å²) in [6.45, 7) is 3.98. The highest BCUT2D eigenvalue weighted by atomic mass is 35.5. The molecule has 10 heteroatoms. The van der Waals surface area contributed by atoms with Gasteiger partial charge in [0.15, 0.2) is 0 Å². The zero-order chi connectivity index (χ0) is 32.4. The number of aryl methyl sites for hydroxylation is 1. The predicted octanol–water partition coefficient (Wildman–Crippen LogP) is 7.05. The van der Waals surface area contributed by atoms with Crippen LogP contribution >= 0.6 is 23.2 Å². The van der Waals surface area contributed by atoms with Crippen LogP contribution in [0.1, 0.15) is 36.5 Å². The Bertz CT molecular complexity index is 1700. The molecule has 0 unspecified atom stereocenters. The number of halogens is 2. The van der Waals surface area contributed by atoms with Crippen molar-refractivity contribution >= 4 is 50.7 Å². The zero-order valence-electron chi connectivity index (χ0n) is 25.3. The molecule has 0 bridgehead atoms. The largest absolute Gasteiger partial charge is 0.354 e. The van der Waals surface area contributed by atoms with Crippen molar-refractivity contribution in [3.05, 3.63) is 130 Å². The maximum absolute atomic E-state index is 14.5. The minimum atomic E-state index is -4.25. The molecule has 0 saturated carbocycles. The van der Waals surface area contributed by atoms with Gasteiger partial charge in [-0.3, -0.25) is 13.9 Å². The molecule has 7 nitrogen and oxygen atoms in total. The smallest absolute Gasteiger partial charge is 0.264 e. The number of sulfonamides is 1. The molecule has 4 rings (SSSR count). The summed E-state index contributed by atoms with van der Waals surface area (Å²) in [4.78, 5) is 29.8. The van der Waals surface area contributed by atoms with Crippen LogP contribution in [0.25, 0.3) is 0 Å². The first kappa shape index (κ1) is 34.0. The number of amides is 2.